The van der Waals surface area contributed by atoms with E-state index in [4.69, 9.17) is 10.4 Å². The van der Waals surface area contributed by atoms with Crippen LogP contribution in [-0.4, -0.2) is 10.1 Å². The van der Waals surface area contributed by atoms with Gasteiger partial charge in [0.15, 0.2) is 0 Å². The number of hydrazine groups is 1. The minimum Gasteiger partial charge on any atom is -0.314 e. The van der Waals surface area contributed by atoms with Crippen molar-refractivity contribution in [2.24, 2.45) is 5.84 Å². The molecule has 5 nitrogen and oxygen atoms in total. The summed E-state index contributed by atoms with van der Waals surface area (Å²) in [6.07, 6.45) is 0. The van der Waals surface area contributed by atoms with E-state index in [9.17, 15) is 4.39 Å². The molecule has 0 aliphatic carbocycles. The lowest BCUT2D eigenvalue weighted by atomic mass is 10.2. The van der Waals surface area contributed by atoms with Crippen molar-refractivity contribution in [1.29, 1.82) is 0 Å². The van der Waals surface area contributed by atoms with Crippen LogP contribution in [0.15, 0.2) is 27.2 Å². The molecule has 2 rings (SSSR count). The molecular weight excluding hydrogens is 267 g/mol. The zero-order valence-corrected chi connectivity index (χ0v) is 8.95. The Morgan fingerprint density at radius 1 is 1.40 bits per heavy atom. The number of aromatic nitrogens is 2. The molecule has 0 amide bonds. The smallest absolute Gasteiger partial charge is 0.314 e. The normalized spacial score (nSPS) is 10.3. The number of nitrogen functional groups attached to an aromatic ring is 1. The minimum absolute atomic E-state index is 0.0744. The van der Waals surface area contributed by atoms with Crippen molar-refractivity contribution >= 4 is 21.9 Å². The third-order valence-electron chi connectivity index (χ3n) is 1.67. The lowest BCUT2D eigenvalue weighted by Crippen LogP contribution is -2.06. The number of nitrogens with zero attached hydrogens (tertiary/aromatic N) is 2. The highest BCUT2D eigenvalue weighted by molar-refractivity contribution is 9.10. The van der Waals surface area contributed by atoms with Gasteiger partial charge in [-0.2, -0.15) is 4.98 Å². The number of hydrogen-bond acceptors (Lipinski definition) is 5. The summed E-state index contributed by atoms with van der Waals surface area (Å²) in [5, 5.41) is 3.62. The number of benzene rings is 1. The lowest BCUT2D eigenvalue weighted by Gasteiger charge is -1.96. The van der Waals surface area contributed by atoms with Crippen LogP contribution in [0.1, 0.15) is 0 Å². The van der Waals surface area contributed by atoms with Gasteiger partial charge in [0.25, 0.3) is 0 Å². The maximum absolute atomic E-state index is 13.0. The van der Waals surface area contributed by atoms with E-state index in [1.54, 1.807) is 6.07 Å². The predicted octanol–water partition coefficient (Wildman–Crippen LogP) is 1.92. The summed E-state index contributed by atoms with van der Waals surface area (Å²) >= 11 is 3.17. The summed E-state index contributed by atoms with van der Waals surface area (Å²) in [6, 6.07) is 4.39. The summed E-state index contributed by atoms with van der Waals surface area (Å²) < 4.78 is 18.4. The predicted molar refractivity (Wildman–Crippen MR) is 55.2 cm³/mol. The molecule has 0 aliphatic heterocycles. The van der Waals surface area contributed by atoms with Gasteiger partial charge in [0, 0.05) is 10.0 Å². The summed E-state index contributed by atoms with van der Waals surface area (Å²) in [5.41, 5.74) is 2.71. The van der Waals surface area contributed by atoms with Crippen LogP contribution in [0.3, 0.4) is 0 Å². The van der Waals surface area contributed by atoms with E-state index in [0.29, 0.717) is 10.0 Å². The van der Waals surface area contributed by atoms with E-state index in [1.165, 1.54) is 12.1 Å². The summed E-state index contributed by atoms with van der Waals surface area (Å²) in [6.45, 7) is 0. The van der Waals surface area contributed by atoms with Crippen LogP contribution in [-0.2, 0) is 0 Å². The molecule has 0 saturated heterocycles. The van der Waals surface area contributed by atoms with Gasteiger partial charge in [0.05, 0.1) is 0 Å². The Morgan fingerprint density at radius 3 is 2.80 bits per heavy atom. The van der Waals surface area contributed by atoms with E-state index >= 15 is 0 Å². The van der Waals surface area contributed by atoms with Crippen molar-refractivity contribution < 1.29 is 8.91 Å². The molecule has 78 valence electrons. The van der Waals surface area contributed by atoms with Crippen molar-refractivity contribution in [2.75, 3.05) is 5.43 Å². The van der Waals surface area contributed by atoms with Crippen LogP contribution in [0.4, 0.5) is 10.4 Å². The molecule has 1 heterocycles. The van der Waals surface area contributed by atoms with Gasteiger partial charge >= 0.3 is 6.01 Å². The molecule has 0 aliphatic rings. The Balaban J connectivity index is 2.44. The lowest BCUT2D eigenvalue weighted by molar-refractivity contribution is 0.432. The first-order chi connectivity index (χ1) is 7.19. The highest BCUT2D eigenvalue weighted by Gasteiger charge is 2.09. The average molecular weight is 273 g/mol. The van der Waals surface area contributed by atoms with Gasteiger partial charge in [-0.25, -0.2) is 10.2 Å². The summed E-state index contributed by atoms with van der Waals surface area (Å²) in [7, 11) is 0. The second-order valence-electron chi connectivity index (χ2n) is 2.73. The third kappa shape index (κ3) is 2.13. The Kier molecular flexibility index (Phi) is 2.65. The van der Waals surface area contributed by atoms with E-state index in [1.807, 2.05) is 0 Å². The molecule has 0 unspecified atom stereocenters. The Morgan fingerprint density at radius 2 is 2.20 bits per heavy atom. The molecule has 0 spiro atoms. The van der Waals surface area contributed by atoms with Crippen LogP contribution in [0.25, 0.3) is 11.4 Å². The molecular formula is C8H6BrFN4O. The van der Waals surface area contributed by atoms with Crippen LogP contribution in [0.5, 0.6) is 0 Å². The molecule has 7 heteroatoms. The maximum Gasteiger partial charge on any atom is 0.335 e. The largest absolute Gasteiger partial charge is 0.335 e. The Hall–Kier alpha value is -1.47. The van der Waals surface area contributed by atoms with Gasteiger partial charge in [-0.05, 0) is 18.2 Å². The van der Waals surface area contributed by atoms with Gasteiger partial charge < -0.3 is 4.52 Å². The molecule has 1 aromatic carbocycles. The standard InChI is InChI=1S/C8H6BrFN4O/c9-5-1-4(2-6(10)3-5)7-12-8(13-11)15-14-7/h1-3H,11H2,(H,12,13,14). The molecule has 0 atom stereocenters. The van der Waals surface area contributed by atoms with Gasteiger partial charge in [0.2, 0.25) is 5.82 Å². The fourth-order valence-electron chi connectivity index (χ4n) is 1.08. The van der Waals surface area contributed by atoms with Crippen molar-refractivity contribution in [3.63, 3.8) is 0 Å². The van der Waals surface area contributed by atoms with E-state index in [2.05, 4.69) is 31.5 Å². The molecule has 0 saturated carbocycles. The number of halogens is 2. The molecule has 0 bridgehead atoms. The zero-order valence-electron chi connectivity index (χ0n) is 7.37. The first kappa shape index (κ1) is 10.1. The van der Waals surface area contributed by atoms with Crippen molar-refractivity contribution in [1.82, 2.24) is 10.1 Å². The molecule has 0 radical (unpaired) electrons. The highest BCUT2D eigenvalue weighted by Crippen LogP contribution is 2.22. The average Bonchev–Trinajstić information content (AvgIpc) is 2.64. The summed E-state index contributed by atoms with van der Waals surface area (Å²) in [5.74, 6) is 4.96. The minimum atomic E-state index is -0.383. The van der Waals surface area contributed by atoms with E-state index < -0.39 is 0 Å². The topological polar surface area (TPSA) is 77.0 Å². The number of anilines is 1. The van der Waals surface area contributed by atoms with Crippen LogP contribution in [0.2, 0.25) is 0 Å². The van der Waals surface area contributed by atoms with Gasteiger partial charge in [-0.3, -0.25) is 5.43 Å². The SMILES string of the molecule is NNc1nc(-c2cc(F)cc(Br)c2)no1. The quantitative estimate of drug-likeness (QED) is 0.645. The number of nitrogens with two attached hydrogens (primary N) is 1. The number of rotatable bonds is 2. The van der Waals surface area contributed by atoms with E-state index in [0.717, 1.165) is 0 Å². The molecule has 15 heavy (non-hydrogen) atoms. The van der Waals surface area contributed by atoms with Crippen LogP contribution >= 0.6 is 15.9 Å². The molecule has 0 fully saturated rings. The summed E-state index contributed by atoms with van der Waals surface area (Å²) in [4.78, 5) is 3.88. The monoisotopic (exact) mass is 272 g/mol. The van der Waals surface area contributed by atoms with Gasteiger partial charge in [-0.15, -0.1) is 0 Å². The second-order valence-corrected chi connectivity index (χ2v) is 3.64. The van der Waals surface area contributed by atoms with Crippen LogP contribution in [0, 0.1) is 5.82 Å². The first-order valence-corrected chi connectivity index (χ1v) is 4.75. The van der Waals surface area contributed by atoms with Gasteiger partial charge in [0.1, 0.15) is 5.82 Å². The molecule has 1 aromatic heterocycles. The maximum atomic E-state index is 13.0. The Labute approximate surface area is 92.6 Å². The highest BCUT2D eigenvalue weighted by atomic mass is 79.9. The zero-order chi connectivity index (χ0) is 10.8. The molecule has 2 aromatic rings. The first-order valence-electron chi connectivity index (χ1n) is 3.96. The van der Waals surface area contributed by atoms with Crippen molar-refractivity contribution in [3.8, 4) is 11.4 Å². The van der Waals surface area contributed by atoms with E-state index in [-0.39, 0.29) is 17.7 Å². The fourth-order valence-corrected chi connectivity index (χ4v) is 1.55. The number of hydrogen-bond donors (Lipinski definition) is 2. The van der Waals surface area contributed by atoms with Crippen molar-refractivity contribution in [2.45, 2.75) is 0 Å². The Bertz CT molecular complexity index is 467. The van der Waals surface area contributed by atoms with Crippen molar-refractivity contribution in [3.05, 3.63) is 28.5 Å². The fraction of sp³-hybridized carbons (Fsp3) is 0. The number of nitrogens with one attached hydrogen (secondary N) is 1. The van der Waals surface area contributed by atoms with Gasteiger partial charge in [-0.1, -0.05) is 21.1 Å². The van der Waals surface area contributed by atoms with Crippen LogP contribution < -0.4 is 11.3 Å². The third-order valence-corrected chi connectivity index (χ3v) is 2.13. The molecule has 3 N–H and O–H groups in total. The second kappa shape index (κ2) is 3.95.